The summed E-state index contributed by atoms with van der Waals surface area (Å²) in [5.74, 6) is -0.319. The van der Waals surface area contributed by atoms with Crippen molar-refractivity contribution < 1.29 is 27.5 Å². The van der Waals surface area contributed by atoms with E-state index in [9.17, 15) is 22.8 Å². The fraction of sp³-hybridized carbons (Fsp3) is 0.263. The lowest BCUT2D eigenvalue weighted by Gasteiger charge is -2.31. The molecule has 1 unspecified atom stereocenters. The van der Waals surface area contributed by atoms with Crippen LogP contribution >= 0.6 is 11.8 Å². The van der Waals surface area contributed by atoms with E-state index in [2.05, 4.69) is 5.32 Å². The molecule has 0 aliphatic carbocycles. The molecule has 28 heavy (non-hydrogen) atoms. The van der Waals surface area contributed by atoms with Crippen LogP contribution in [0.4, 0.5) is 24.5 Å². The summed E-state index contributed by atoms with van der Waals surface area (Å²) in [6.45, 7) is 1.42. The van der Waals surface area contributed by atoms with Crippen LogP contribution in [0, 0.1) is 0 Å². The summed E-state index contributed by atoms with van der Waals surface area (Å²) >= 11 is 1.25. The Bertz CT molecular complexity index is 918. The number of amides is 2. The summed E-state index contributed by atoms with van der Waals surface area (Å²) in [5, 5.41) is 1.82. The fourth-order valence-electron chi connectivity index (χ4n) is 2.84. The first-order valence-electron chi connectivity index (χ1n) is 8.33. The fourth-order valence-corrected chi connectivity index (χ4v) is 3.87. The molecule has 1 atom stereocenters. The highest BCUT2D eigenvalue weighted by atomic mass is 32.2. The van der Waals surface area contributed by atoms with Gasteiger partial charge in [-0.3, -0.25) is 14.5 Å². The molecule has 2 aromatic carbocycles. The number of benzene rings is 2. The molecule has 0 aromatic heterocycles. The van der Waals surface area contributed by atoms with Crippen LogP contribution in [0.2, 0.25) is 0 Å². The van der Waals surface area contributed by atoms with E-state index in [1.807, 2.05) is 6.07 Å². The molecule has 1 heterocycles. The molecular formula is C19H17F3N2O3S. The lowest BCUT2D eigenvalue weighted by Crippen LogP contribution is -2.45. The average Bonchev–Trinajstić information content (AvgIpc) is 2.65. The van der Waals surface area contributed by atoms with Crippen LogP contribution in [0.15, 0.2) is 47.4 Å². The van der Waals surface area contributed by atoms with Gasteiger partial charge in [-0.1, -0.05) is 12.1 Å². The van der Waals surface area contributed by atoms with E-state index in [1.165, 1.54) is 29.8 Å². The maximum absolute atomic E-state index is 13.0. The molecule has 3 rings (SSSR count). The zero-order chi connectivity index (χ0) is 20.5. The lowest BCUT2D eigenvalue weighted by atomic mass is 10.1. The van der Waals surface area contributed by atoms with Crippen molar-refractivity contribution in [3.8, 4) is 5.75 Å². The number of fused-ring (bicyclic) bond motifs is 1. The van der Waals surface area contributed by atoms with Gasteiger partial charge in [0.1, 0.15) is 12.3 Å². The van der Waals surface area contributed by atoms with Gasteiger partial charge in [0.2, 0.25) is 11.8 Å². The van der Waals surface area contributed by atoms with Crippen molar-refractivity contribution in [2.75, 3.05) is 23.9 Å². The molecule has 0 spiro atoms. The number of halogens is 3. The molecule has 5 nitrogen and oxygen atoms in total. The van der Waals surface area contributed by atoms with Gasteiger partial charge in [0.05, 0.1) is 34.2 Å². The standard InChI is InChI=1S/C19H17F3N2O3S/c1-11(28-16-6-4-3-5-15(16)27-2)18(26)24-10-17(25)23-13-9-12(19(20,21)22)7-8-14(13)24/h3-9,11H,10H2,1-2H3,(H,23,25). The van der Waals surface area contributed by atoms with Crippen LogP contribution in [0.1, 0.15) is 12.5 Å². The first kappa shape index (κ1) is 20.1. The number of methoxy groups -OCH3 is 1. The highest BCUT2D eigenvalue weighted by Gasteiger charge is 2.35. The van der Waals surface area contributed by atoms with Gasteiger partial charge in [-0.05, 0) is 37.3 Å². The van der Waals surface area contributed by atoms with Gasteiger partial charge >= 0.3 is 6.18 Å². The quantitative estimate of drug-likeness (QED) is 0.769. The zero-order valence-electron chi connectivity index (χ0n) is 15.0. The number of para-hydroxylation sites is 1. The van der Waals surface area contributed by atoms with E-state index < -0.39 is 22.9 Å². The normalized spacial score (nSPS) is 14.9. The van der Waals surface area contributed by atoms with Crippen molar-refractivity contribution in [3.05, 3.63) is 48.0 Å². The molecule has 9 heteroatoms. The SMILES string of the molecule is COc1ccccc1SC(C)C(=O)N1CC(=O)Nc2cc(C(F)(F)F)ccc21. The number of carbonyl (C=O) groups excluding carboxylic acids is 2. The summed E-state index contributed by atoms with van der Waals surface area (Å²) in [7, 11) is 1.52. The Kier molecular flexibility index (Phi) is 5.55. The van der Waals surface area contributed by atoms with Gasteiger partial charge in [-0.15, -0.1) is 11.8 Å². The molecule has 1 N–H and O–H groups in total. The van der Waals surface area contributed by atoms with E-state index in [0.29, 0.717) is 5.75 Å². The van der Waals surface area contributed by atoms with Crippen LogP contribution in [-0.2, 0) is 15.8 Å². The molecule has 1 aliphatic heterocycles. The Morgan fingerprint density at radius 2 is 1.96 bits per heavy atom. The molecule has 0 radical (unpaired) electrons. The third kappa shape index (κ3) is 4.09. The summed E-state index contributed by atoms with van der Waals surface area (Å²) in [4.78, 5) is 26.9. The first-order chi connectivity index (χ1) is 13.2. The molecule has 0 saturated carbocycles. The van der Waals surface area contributed by atoms with Gasteiger partial charge in [0, 0.05) is 0 Å². The number of rotatable bonds is 4. The minimum absolute atomic E-state index is 0.0334. The van der Waals surface area contributed by atoms with Gasteiger partial charge in [-0.25, -0.2) is 0 Å². The second-order valence-electron chi connectivity index (χ2n) is 6.11. The van der Waals surface area contributed by atoms with Crippen molar-refractivity contribution in [2.45, 2.75) is 23.2 Å². The van der Waals surface area contributed by atoms with E-state index >= 15 is 0 Å². The third-order valence-electron chi connectivity index (χ3n) is 4.18. The predicted octanol–water partition coefficient (Wildman–Crippen LogP) is 4.18. The smallest absolute Gasteiger partial charge is 0.416 e. The van der Waals surface area contributed by atoms with E-state index in [1.54, 1.807) is 25.1 Å². The molecule has 0 fully saturated rings. The largest absolute Gasteiger partial charge is 0.496 e. The van der Waals surface area contributed by atoms with E-state index in [4.69, 9.17) is 4.74 Å². The number of ether oxygens (including phenoxy) is 1. The zero-order valence-corrected chi connectivity index (χ0v) is 15.9. The lowest BCUT2D eigenvalue weighted by molar-refractivity contribution is -0.137. The molecule has 148 valence electrons. The number of alkyl halides is 3. The van der Waals surface area contributed by atoms with Crippen molar-refractivity contribution >= 4 is 35.0 Å². The van der Waals surface area contributed by atoms with Gasteiger partial charge in [-0.2, -0.15) is 13.2 Å². The molecule has 2 aromatic rings. The van der Waals surface area contributed by atoms with Gasteiger partial charge in [0.25, 0.3) is 0 Å². The number of hydrogen-bond acceptors (Lipinski definition) is 4. The average molecular weight is 410 g/mol. The first-order valence-corrected chi connectivity index (χ1v) is 9.21. The Labute approximate surface area is 163 Å². The summed E-state index contributed by atoms with van der Waals surface area (Å²) < 4.78 is 44.1. The number of hydrogen-bond donors (Lipinski definition) is 1. The number of nitrogens with zero attached hydrogens (tertiary/aromatic N) is 1. The maximum Gasteiger partial charge on any atom is 0.416 e. The van der Waals surface area contributed by atoms with Crippen LogP contribution in [0.25, 0.3) is 0 Å². The van der Waals surface area contributed by atoms with Gasteiger partial charge < -0.3 is 10.1 Å². The Balaban J connectivity index is 1.87. The molecular weight excluding hydrogens is 393 g/mol. The number of thioether (sulfide) groups is 1. The molecule has 1 aliphatic rings. The van der Waals surface area contributed by atoms with Crippen LogP contribution in [0.3, 0.4) is 0 Å². The Morgan fingerprint density at radius 1 is 1.25 bits per heavy atom. The van der Waals surface area contributed by atoms with Crippen molar-refractivity contribution in [1.82, 2.24) is 0 Å². The van der Waals surface area contributed by atoms with Crippen molar-refractivity contribution in [2.24, 2.45) is 0 Å². The van der Waals surface area contributed by atoms with Crippen LogP contribution in [0.5, 0.6) is 5.75 Å². The second-order valence-corrected chi connectivity index (χ2v) is 7.50. The summed E-state index contributed by atoms with van der Waals surface area (Å²) in [6.07, 6.45) is -4.54. The second kappa shape index (κ2) is 7.75. The third-order valence-corrected chi connectivity index (χ3v) is 5.32. The monoisotopic (exact) mass is 410 g/mol. The van der Waals surface area contributed by atoms with Crippen LogP contribution in [-0.4, -0.2) is 30.7 Å². The van der Waals surface area contributed by atoms with Gasteiger partial charge in [0.15, 0.2) is 0 Å². The van der Waals surface area contributed by atoms with Crippen LogP contribution < -0.4 is 15.0 Å². The predicted molar refractivity (Wildman–Crippen MR) is 101 cm³/mol. The molecule has 0 saturated heterocycles. The highest BCUT2D eigenvalue weighted by molar-refractivity contribution is 8.00. The number of carbonyl (C=O) groups is 2. The summed E-state index contributed by atoms with van der Waals surface area (Å²) in [5.41, 5.74) is -0.684. The summed E-state index contributed by atoms with van der Waals surface area (Å²) in [6, 6.07) is 10.1. The molecule has 2 amide bonds. The molecule has 0 bridgehead atoms. The van der Waals surface area contributed by atoms with E-state index in [-0.39, 0.29) is 23.8 Å². The minimum Gasteiger partial charge on any atom is -0.496 e. The Morgan fingerprint density at radius 3 is 2.64 bits per heavy atom. The maximum atomic E-state index is 13.0. The van der Waals surface area contributed by atoms with E-state index in [0.717, 1.165) is 17.0 Å². The van der Waals surface area contributed by atoms with Crippen molar-refractivity contribution in [1.29, 1.82) is 0 Å². The number of nitrogens with one attached hydrogen (secondary N) is 1. The Hall–Kier alpha value is -2.68. The minimum atomic E-state index is -4.54. The van der Waals surface area contributed by atoms with Crippen molar-refractivity contribution in [3.63, 3.8) is 0 Å². The highest BCUT2D eigenvalue weighted by Crippen LogP contribution is 2.38. The number of anilines is 2. The topological polar surface area (TPSA) is 58.6 Å².